The summed E-state index contributed by atoms with van der Waals surface area (Å²) in [6.45, 7) is 9.06. The third-order valence-corrected chi connectivity index (χ3v) is 5.94. The molecule has 0 saturated carbocycles. The van der Waals surface area contributed by atoms with Gasteiger partial charge < -0.3 is 14.5 Å². The summed E-state index contributed by atoms with van der Waals surface area (Å²) >= 11 is 0. The first-order chi connectivity index (χ1) is 15.1. The van der Waals surface area contributed by atoms with E-state index in [1.165, 1.54) is 0 Å². The maximum Gasteiger partial charge on any atom is 0.225 e. The molecule has 4 heterocycles. The Morgan fingerprint density at radius 1 is 1.19 bits per heavy atom. The summed E-state index contributed by atoms with van der Waals surface area (Å²) in [4.78, 5) is 22.9. The van der Waals surface area contributed by atoms with Crippen molar-refractivity contribution in [2.75, 3.05) is 43.1 Å². The van der Waals surface area contributed by atoms with Gasteiger partial charge >= 0.3 is 0 Å². The van der Waals surface area contributed by atoms with Gasteiger partial charge in [-0.3, -0.25) is 4.98 Å². The molecule has 8 nitrogen and oxygen atoms in total. The molecular weight excluding hydrogens is 390 g/mol. The van der Waals surface area contributed by atoms with E-state index in [2.05, 4.69) is 42.4 Å². The van der Waals surface area contributed by atoms with E-state index in [0.29, 0.717) is 5.95 Å². The van der Waals surface area contributed by atoms with Crippen molar-refractivity contribution >= 4 is 23.9 Å². The maximum atomic E-state index is 9.16. The van der Waals surface area contributed by atoms with Gasteiger partial charge in [0.05, 0.1) is 30.3 Å². The van der Waals surface area contributed by atoms with Crippen LogP contribution in [0.25, 0.3) is 12.2 Å². The second-order valence-electron chi connectivity index (χ2n) is 7.93. The van der Waals surface area contributed by atoms with Crippen molar-refractivity contribution in [1.29, 1.82) is 5.26 Å². The average Bonchev–Trinajstić information content (AvgIpc) is 2.79. The smallest absolute Gasteiger partial charge is 0.225 e. The van der Waals surface area contributed by atoms with Crippen molar-refractivity contribution in [3.05, 3.63) is 47.9 Å². The molecule has 8 heteroatoms. The van der Waals surface area contributed by atoms with Crippen LogP contribution in [0.3, 0.4) is 0 Å². The first-order valence-electron chi connectivity index (χ1n) is 10.5. The topological polar surface area (TPSA) is 91.1 Å². The van der Waals surface area contributed by atoms with Gasteiger partial charge in [-0.15, -0.1) is 0 Å². The second-order valence-corrected chi connectivity index (χ2v) is 7.93. The predicted molar refractivity (Wildman–Crippen MR) is 120 cm³/mol. The first kappa shape index (κ1) is 20.8. The molecule has 0 N–H and O–H groups in total. The molecule has 2 aromatic rings. The van der Waals surface area contributed by atoms with Gasteiger partial charge in [0.1, 0.15) is 0 Å². The van der Waals surface area contributed by atoms with Gasteiger partial charge in [-0.1, -0.05) is 6.58 Å². The quantitative estimate of drug-likeness (QED) is 0.662. The Morgan fingerprint density at radius 2 is 1.94 bits per heavy atom. The van der Waals surface area contributed by atoms with Crippen LogP contribution in [0.2, 0.25) is 0 Å². The minimum atomic E-state index is 0.150. The number of anilines is 2. The van der Waals surface area contributed by atoms with Gasteiger partial charge in [0.2, 0.25) is 5.95 Å². The van der Waals surface area contributed by atoms with E-state index in [1.807, 2.05) is 19.2 Å². The van der Waals surface area contributed by atoms with Gasteiger partial charge in [-0.25, -0.2) is 15.0 Å². The van der Waals surface area contributed by atoms with E-state index < -0.39 is 0 Å². The summed E-state index contributed by atoms with van der Waals surface area (Å²) in [5.74, 6) is 2.86. The van der Waals surface area contributed by atoms with Gasteiger partial charge in [-0.2, -0.15) is 5.26 Å². The molecule has 0 aromatic carbocycles. The van der Waals surface area contributed by atoms with Gasteiger partial charge in [-0.05, 0) is 31.9 Å². The Labute approximate surface area is 182 Å². The molecule has 2 saturated heterocycles. The molecular formula is C23H27N7O. The Hall–Kier alpha value is -3.47. The zero-order valence-electron chi connectivity index (χ0n) is 18.0. The number of allylic oxidation sites excluding steroid dienone is 1. The highest BCUT2D eigenvalue weighted by molar-refractivity contribution is 5.63. The van der Waals surface area contributed by atoms with Crippen LogP contribution in [0, 0.1) is 17.2 Å². The number of rotatable bonds is 6. The molecule has 0 radical (unpaired) electrons. The van der Waals surface area contributed by atoms with Crippen LogP contribution in [0.5, 0.6) is 0 Å². The lowest BCUT2D eigenvalue weighted by Crippen LogP contribution is -2.47. The Kier molecular flexibility index (Phi) is 6.12. The van der Waals surface area contributed by atoms with Crippen LogP contribution in [0.15, 0.2) is 30.9 Å². The number of hydrogen-bond acceptors (Lipinski definition) is 8. The van der Waals surface area contributed by atoms with Crippen LogP contribution in [0.4, 0.5) is 11.8 Å². The molecule has 160 valence electrons. The van der Waals surface area contributed by atoms with Crippen molar-refractivity contribution in [3.63, 3.8) is 0 Å². The minimum Gasteiger partial charge on any atom is -0.501 e. The van der Waals surface area contributed by atoms with Crippen LogP contribution in [-0.4, -0.2) is 53.2 Å². The van der Waals surface area contributed by atoms with Crippen LogP contribution < -0.4 is 9.80 Å². The molecule has 0 bridgehead atoms. The normalized spacial score (nSPS) is 17.8. The van der Waals surface area contributed by atoms with E-state index in [-0.39, 0.29) is 11.8 Å². The number of methoxy groups -OCH3 is 1. The van der Waals surface area contributed by atoms with E-state index in [9.17, 15) is 0 Å². The summed E-state index contributed by atoms with van der Waals surface area (Å²) in [5, 5.41) is 9.16. The summed E-state index contributed by atoms with van der Waals surface area (Å²) in [6.07, 6.45) is 10.7. The van der Waals surface area contributed by atoms with E-state index in [0.717, 1.165) is 67.5 Å². The fourth-order valence-corrected chi connectivity index (χ4v) is 4.01. The van der Waals surface area contributed by atoms with Crippen molar-refractivity contribution in [2.24, 2.45) is 5.92 Å². The molecule has 2 fully saturated rings. The number of aromatic nitrogens is 4. The Balaban J connectivity index is 1.47. The third kappa shape index (κ3) is 4.36. The van der Waals surface area contributed by atoms with Crippen molar-refractivity contribution < 1.29 is 4.74 Å². The van der Waals surface area contributed by atoms with E-state index in [1.54, 1.807) is 25.6 Å². The van der Waals surface area contributed by atoms with Gasteiger partial charge in [0.15, 0.2) is 5.82 Å². The largest absolute Gasteiger partial charge is 0.501 e. The maximum absolute atomic E-state index is 9.16. The summed E-state index contributed by atoms with van der Waals surface area (Å²) < 4.78 is 5.23. The molecule has 2 aromatic heterocycles. The molecule has 31 heavy (non-hydrogen) atoms. The molecule has 0 atom stereocenters. The number of nitriles is 1. The number of hydrogen-bond donors (Lipinski definition) is 0. The summed E-state index contributed by atoms with van der Waals surface area (Å²) in [6, 6.07) is 2.39. The predicted octanol–water partition coefficient (Wildman–Crippen LogP) is 3.26. The first-order valence-corrected chi connectivity index (χ1v) is 10.5. The number of piperidine rings is 1. The molecule has 0 amide bonds. The zero-order chi connectivity index (χ0) is 21.8. The van der Waals surface area contributed by atoms with Crippen molar-refractivity contribution in [3.8, 4) is 6.07 Å². The van der Waals surface area contributed by atoms with Gasteiger partial charge in [0, 0.05) is 62.2 Å². The molecule has 4 rings (SSSR count). The third-order valence-electron chi connectivity index (χ3n) is 5.94. The fourth-order valence-electron chi connectivity index (χ4n) is 4.01. The molecule has 0 spiro atoms. The molecule has 0 unspecified atom stereocenters. The highest BCUT2D eigenvalue weighted by Gasteiger charge is 2.35. The Bertz CT molecular complexity index is 1010. The lowest BCUT2D eigenvalue weighted by atomic mass is 9.94. The standard InChI is InChI=1S/C23H27N7O/c1-4-20-18(11-16(2)31-3)13-27-23(28-20)30-14-19(15-30)21-22(26-8-7-25-21)29-9-5-17(12-24)6-10-29/h4,7-8,11,13,17,19H,1,5-6,9-10,14-15H2,2-3H3/b16-11+. The molecule has 2 aliphatic rings. The average molecular weight is 418 g/mol. The highest BCUT2D eigenvalue weighted by Crippen LogP contribution is 2.34. The van der Waals surface area contributed by atoms with Crippen LogP contribution >= 0.6 is 0 Å². The minimum absolute atomic E-state index is 0.150. The Morgan fingerprint density at radius 3 is 2.61 bits per heavy atom. The van der Waals surface area contributed by atoms with Crippen LogP contribution in [-0.2, 0) is 4.74 Å². The van der Waals surface area contributed by atoms with E-state index in [4.69, 9.17) is 10.00 Å². The summed E-state index contributed by atoms with van der Waals surface area (Å²) in [5.41, 5.74) is 2.69. The monoisotopic (exact) mass is 417 g/mol. The lowest BCUT2D eigenvalue weighted by Gasteiger charge is -2.40. The number of nitrogens with zero attached hydrogens (tertiary/aromatic N) is 7. The lowest BCUT2D eigenvalue weighted by molar-refractivity contribution is 0.297. The SMILES string of the molecule is C=Cc1nc(N2CC(c3nccnc3N3CCC(C#N)CC3)C2)ncc1/C=C(\C)OC. The van der Waals surface area contributed by atoms with Crippen molar-refractivity contribution in [1.82, 2.24) is 19.9 Å². The summed E-state index contributed by atoms with van der Waals surface area (Å²) in [7, 11) is 1.64. The van der Waals surface area contributed by atoms with E-state index >= 15 is 0 Å². The van der Waals surface area contributed by atoms with Gasteiger partial charge in [0.25, 0.3) is 0 Å². The highest BCUT2D eigenvalue weighted by atomic mass is 16.5. The molecule has 2 aliphatic heterocycles. The zero-order valence-corrected chi connectivity index (χ0v) is 18.0. The molecule has 0 aliphatic carbocycles. The van der Waals surface area contributed by atoms with Crippen LogP contribution in [0.1, 0.15) is 42.6 Å². The second kappa shape index (κ2) is 9.13. The van der Waals surface area contributed by atoms with Crippen molar-refractivity contribution in [2.45, 2.75) is 25.7 Å². The number of ether oxygens (including phenoxy) is 1. The fraction of sp³-hybridized carbons (Fsp3) is 0.435.